The van der Waals surface area contributed by atoms with E-state index in [1.54, 1.807) is 0 Å². The number of hydrogen-bond acceptors (Lipinski definition) is 3. The minimum Gasteiger partial charge on any atom is -0.491 e. The molecule has 0 amide bonds. The summed E-state index contributed by atoms with van der Waals surface area (Å²) in [6.45, 7) is 8.60. The SMILES string of the molecule is CC(C)CNCc1cccc(OCCOCC2CC2)c1. The van der Waals surface area contributed by atoms with E-state index in [1.807, 2.05) is 12.1 Å². The van der Waals surface area contributed by atoms with E-state index in [0.29, 0.717) is 19.1 Å². The predicted octanol–water partition coefficient (Wildman–Crippen LogP) is 3.24. The molecule has 0 spiro atoms. The van der Waals surface area contributed by atoms with Crippen LogP contribution in [0.3, 0.4) is 0 Å². The molecule has 1 saturated carbocycles. The lowest BCUT2D eigenvalue weighted by molar-refractivity contribution is 0.0927. The first-order valence-electron chi connectivity index (χ1n) is 7.74. The average molecular weight is 277 g/mol. The molecule has 112 valence electrons. The normalized spacial score (nSPS) is 14.8. The molecule has 0 atom stereocenters. The Morgan fingerprint density at radius 3 is 2.85 bits per heavy atom. The van der Waals surface area contributed by atoms with E-state index in [2.05, 4.69) is 31.3 Å². The van der Waals surface area contributed by atoms with Crippen molar-refractivity contribution in [2.75, 3.05) is 26.4 Å². The summed E-state index contributed by atoms with van der Waals surface area (Å²) in [7, 11) is 0. The van der Waals surface area contributed by atoms with Crippen molar-refractivity contribution in [3.05, 3.63) is 29.8 Å². The lowest BCUT2D eigenvalue weighted by Gasteiger charge is -2.10. The van der Waals surface area contributed by atoms with Crippen molar-refractivity contribution >= 4 is 0 Å². The Kier molecular flexibility index (Phi) is 6.34. The summed E-state index contributed by atoms with van der Waals surface area (Å²) >= 11 is 0. The van der Waals surface area contributed by atoms with E-state index in [4.69, 9.17) is 9.47 Å². The second-order valence-electron chi connectivity index (χ2n) is 6.04. The van der Waals surface area contributed by atoms with Crippen LogP contribution in [0.1, 0.15) is 32.3 Å². The van der Waals surface area contributed by atoms with Gasteiger partial charge < -0.3 is 14.8 Å². The largest absolute Gasteiger partial charge is 0.491 e. The van der Waals surface area contributed by atoms with Gasteiger partial charge in [0, 0.05) is 13.2 Å². The molecular formula is C17H27NO2. The van der Waals surface area contributed by atoms with Gasteiger partial charge in [0.05, 0.1) is 6.61 Å². The van der Waals surface area contributed by atoms with Crippen molar-refractivity contribution in [2.45, 2.75) is 33.2 Å². The molecule has 0 bridgehead atoms. The highest BCUT2D eigenvalue weighted by Gasteiger charge is 2.20. The van der Waals surface area contributed by atoms with E-state index < -0.39 is 0 Å². The van der Waals surface area contributed by atoms with Gasteiger partial charge in [0.1, 0.15) is 12.4 Å². The molecule has 0 saturated heterocycles. The number of rotatable bonds is 10. The van der Waals surface area contributed by atoms with Crippen molar-refractivity contribution in [3.8, 4) is 5.75 Å². The summed E-state index contributed by atoms with van der Waals surface area (Å²) in [6, 6.07) is 8.29. The summed E-state index contributed by atoms with van der Waals surface area (Å²) in [5, 5.41) is 3.44. The van der Waals surface area contributed by atoms with Crippen molar-refractivity contribution in [1.29, 1.82) is 0 Å². The third-order valence-corrected chi connectivity index (χ3v) is 3.33. The van der Waals surface area contributed by atoms with Crippen LogP contribution in [0.4, 0.5) is 0 Å². The van der Waals surface area contributed by atoms with Crippen LogP contribution in [-0.2, 0) is 11.3 Å². The third-order valence-electron chi connectivity index (χ3n) is 3.33. The Morgan fingerprint density at radius 1 is 1.25 bits per heavy atom. The van der Waals surface area contributed by atoms with E-state index in [0.717, 1.165) is 31.4 Å². The fraction of sp³-hybridized carbons (Fsp3) is 0.647. The number of nitrogens with one attached hydrogen (secondary N) is 1. The van der Waals surface area contributed by atoms with Crippen molar-refractivity contribution in [1.82, 2.24) is 5.32 Å². The second-order valence-corrected chi connectivity index (χ2v) is 6.04. The van der Waals surface area contributed by atoms with Gasteiger partial charge in [-0.1, -0.05) is 26.0 Å². The third kappa shape index (κ3) is 6.40. The fourth-order valence-corrected chi connectivity index (χ4v) is 2.00. The van der Waals surface area contributed by atoms with Gasteiger partial charge in [-0.2, -0.15) is 0 Å². The van der Waals surface area contributed by atoms with Gasteiger partial charge in [-0.05, 0) is 48.9 Å². The van der Waals surface area contributed by atoms with Gasteiger partial charge in [0.25, 0.3) is 0 Å². The molecule has 3 nitrogen and oxygen atoms in total. The topological polar surface area (TPSA) is 30.5 Å². The molecule has 1 aliphatic carbocycles. The second kappa shape index (κ2) is 8.28. The molecule has 0 radical (unpaired) electrons. The molecule has 1 aliphatic rings. The van der Waals surface area contributed by atoms with E-state index >= 15 is 0 Å². The summed E-state index contributed by atoms with van der Waals surface area (Å²) in [5.74, 6) is 2.44. The highest BCUT2D eigenvalue weighted by Crippen LogP contribution is 2.28. The fourth-order valence-electron chi connectivity index (χ4n) is 2.00. The van der Waals surface area contributed by atoms with Crippen LogP contribution < -0.4 is 10.1 Å². The molecular weight excluding hydrogens is 250 g/mol. The lowest BCUT2D eigenvalue weighted by atomic mass is 10.2. The molecule has 0 unspecified atom stereocenters. The maximum absolute atomic E-state index is 5.72. The molecule has 1 N–H and O–H groups in total. The molecule has 0 aliphatic heterocycles. The van der Waals surface area contributed by atoms with E-state index in [9.17, 15) is 0 Å². The van der Waals surface area contributed by atoms with E-state index in [1.165, 1.54) is 18.4 Å². The van der Waals surface area contributed by atoms with Crippen LogP contribution in [0.25, 0.3) is 0 Å². The van der Waals surface area contributed by atoms with Crippen LogP contribution in [-0.4, -0.2) is 26.4 Å². The molecule has 3 heteroatoms. The molecule has 2 rings (SSSR count). The molecule has 20 heavy (non-hydrogen) atoms. The first kappa shape index (κ1) is 15.3. The number of hydrogen-bond donors (Lipinski definition) is 1. The van der Waals surface area contributed by atoms with Crippen LogP contribution in [0, 0.1) is 11.8 Å². The Balaban J connectivity index is 1.62. The maximum Gasteiger partial charge on any atom is 0.119 e. The lowest BCUT2D eigenvalue weighted by Crippen LogP contribution is -2.18. The molecule has 1 aromatic rings. The van der Waals surface area contributed by atoms with Gasteiger partial charge in [0.15, 0.2) is 0 Å². The molecule has 0 aromatic heterocycles. The zero-order chi connectivity index (χ0) is 14.2. The maximum atomic E-state index is 5.72. The highest BCUT2D eigenvalue weighted by molar-refractivity contribution is 5.28. The Labute approximate surface area is 122 Å². The summed E-state index contributed by atoms with van der Waals surface area (Å²) in [4.78, 5) is 0. The van der Waals surface area contributed by atoms with Crippen LogP contribution in [0.5, 0.6) is 5.75 Å². The summed E-state index contributed by atoms with van der Waals surface area (Å²) < 4.78 is 11.3. The summed E-state index contributed by atoms with van der Waals surface area (Å²) in [5.41, 5.74) is 1.27. The summed E-state index contributed by atoms with van der Waals surface area (Å²) in [6.07, 6.45) is 2.68. The molecule has 0 heterocycles. The smallest absolute Gasteiger partial charge is 0.119 e. The van der Waals surface area contributed by atoms with Crippen molar-refractivity contribution < 1.29 is 9.47 Å². The quantitative estimate of drug-likeness (QED) is 0.666. The monoisotopic (exact) mass is 277 g/mol. The van der Waals surface area contributed by atoms with Gasteiger partial charge >= 0.3 is 0 Å². The van der Waals surface area contributed by atoms with Crippen LogP contribution in [0.15, 0.2) is 24.3 Å². The Bertz CT molecular complexity index is 388. The van der Waals surface area contributed by atoms with E-state index in [-0.39, 0.29) is 0 Å². The first-order chi connectivity index (χ1) is 9.74. The first-order valence-corrected chi connectivity index (χ1v) is 7.74. The van der Waals surface area contributed by atoms with Gasteiger partial charge in [-0.15, -0.1) is 0 Å². The van der Waals surface area contributed by atoms with Gasteiger partial charge in [0.2, 0.25) is 0 Å². The number of benzene rings is 1. The zero-order valence-electron chi connectivity index (χ0n) is 12.7. The minimum absolute atomic E-state index is 0.635. The zero-order valence-corrected chi connectivity index (χ0v) is 12.7. The van der Waals surface area contributed by atoms with Crippen molar-refractivity contribution in [2.24, 2.45) is 11.8 Å². The Hall–Kier alpha value is -1.06. The minimum atomic E-state index is 0.635. The highest BCUT2D eigenvalue weighted by atomic mass is 16.5. The molecule has 1 aromatic carbocycles. The van der Waals surface area contributed by atoms with Crippen molar-refractivity contribution in [3.63, 3.8) is 0 Å². The standard InChI is InChI=1S/C17H27NO2/c1-14(2)11-18-12-16-4-3-5-17(10-16)20-9-8-19-13-15-6-7-15/h3-5,10,14-15,18H,6-9,11-13H2,1-2H3. The van der Waals surface area contributed by atoms with Crippen LogP contribution >= 0.6 is 0 Å². The van der Waals surface area contributed by atoms with Gasteiger partial charge in [-0.3, -0.25) is 0 Å². The average Bonchev–Trinajstić information content (AvgIpc) is 3.22. The predicted molar refractivity (Wildman–Crippen MR) is 82.0 cm³/mol. The Morgan fingerprint density at radius 2 is 2.10 bits per heavy atom. The van der Waals surface area contributed by atoms with Crippen LogP contribution in [0.2, 0.25) is 0 Å². The molecule has 1 fully saturated rings. The van der Waals surface area contributed by atoms with Gasteiger partial charge in [-0.25, -0.2) is 0 Å². The number of ether oxygens (including phenoxy) is 2.